The summed E-state index contributed by atoms with van der Waals surface area (Å²) < 4.78 is 6.48. The second kappa shape index (κ2) is 8.10. The smallest absolute Gasteiger partial charge is 0.265 e. The van der Waals surface area contributed by atoms with Crippen LogP contribution < -0.4 is 11.1 Å². The van der Waals surface area contributed by atoms with E-state index >= 15 is 0 Å². The molecule has 1 saturated heterocycles. The van der Waals surface area contributed by atoms with Crippen molar-refractivity contribution < 1.29 is 14.3 Å². The van der Waals surface area contributed by atoms with Gasteiger partial charge in [-0.3, -0.25) is 9.59 Å². The van der Waals surface area contributed by atoms with Gasteiger partial charge in [-0.05, 0) is 36.6 Å². The van der Waals surface area contributed by atoms with Crippen molar-refractivity contribution in [2.24, 2.45) is 5.73 Å². The number of carbonyl (C=O) groups is 2. The molecule has 1 aromatic carbocycles. The minimum absolute atomic E-state index is 0.0871. The molecule has 0 atom stereocenters. The lowest BCUT2D eigenvalue weighted by Crippen LogP contribution is -2.44. The van der Waals surface area contributed by atoms with Crippen LogP contribution in [0.1, 0.15) is 28.9 Å². The molecule has 29 heavy (non-hydrogen) atoms. The number of aromatic amines is 1. The number of thiazole rings is 1. The molecule has 7 nitrogen and oxygen atoms in total. The highest BCUT2D eigenvalue weighted by molar-refractivity contribution is 9.10. The summed E-state index contributed by atoms with van der Waals surface area (Å²) in [6, 6.07) is 9.50. The maximum absolute atomic E-state index is 13.3. The van der Waals surface area contributed by atoms with Gasteiger partial charge in [0.25, 0.3) is 5.91 Å². The number of amides is 2. The molecule has 1 aliphatic heterocycles. The van der Waals surface area contributed by atoms with Crippen molar-refractivity contribution in [3.63, 3.8) is 0 Å². The van der Waals surface area contributed by atoms with Crippen molar-refractivity contribution in [3.8, 4) is 11.3 Å². The van der Waals surface area contributed by atoms with E-state index in [-0.39, 0.29) is 5.91 Å². The Morgan fingerprint density at radius 3 is 2.62 bits per heavy atom. The average Bonchev–Trinajstić information content (AvgIpc) is 3.38. The van der Waals surface area contributed by atoms with Gasteiger partial charge in [-0.25, -0.2) is 4.98 Å². The highest BCUT2D eigenvalue weighted by Crippen LogP contribution is 2.37. The van der Waals surface area contributed by atoms with Gasteiger partial charge >= 0.3 is 0 Å². The van der Waals surface area contributed by atoms with Gasteiger partial charge in [-0.2, -0.15) is 0 Å². The van der Waals surface area contributed by atoms with Crippen LogP contribution in [-0.2, 0) is 14.9 Å². The van der Waals surface area contributed by atoms with Gasteiger partial charge < -0.3 is 20.8 Å². The number of hydrogen-bond donors (Lipinski definition) is 3. The molecule has 0 unspecified atom stereocenters. The zero-order chi connectivity index (χ0) is 20.4. The number of nitrogens with zero attached hydrogens (tertiary/aromatic N) is 1. The molecular weight excluding hydrogens is 456 g/mol. The number of aromatic nitrogens is 2. The van der Waals surface area contributed by atoms with Crippen LogP contribution in [0.2, 0.25) is 0 Å². The predicted octanol–water partition coefficient (Wildman–Crippen LogP) is 3.69. The monoisotopic (exact) mass is 474 g/mol. The van der Waals surface area contributed by atoms with E-state index in [2.05, 4.69) is 31.2 Å². The Morgan fingerprint density at radius 1 is 1.24 bits per heavy atom. The number of halogens is 1. The number of anilines is 1. The highest BCUT2D eigenvalue weighted by Gasteiger charge is 2.42. The number of ether oxygens (including phenoxy) is 1. The third-order valence-corrected chi connectivity index (χ3v) is 6.43. The minimum atomic E-state index is -0.655. The number of H-pyrrole nitrogens is 1. The van der Waals surface area contributed by atoms with Crippen molar-refractivity contribution in [1.82, 2.24) is 9.97 Å². The van der Waals surface area contributed by atoms with Gasteiger partial charge in [-0.15, -0.1) is 11.3 Å². The van der Waals surface area contributed by atoms with Crippen LogP contribution >= 0.6 is 27.3 Å². The summed E-state index contributed by atoms with van der Waals surface area (Å²) in [5, 5.41) is 5.33. The molecule has 0 radical (unpaired) electrons. The van der Waals surface area contributed by atoms with Crippen molar-refractivity contribution in [2.45, 2.75) is 18.3 Å². The van der Waals surface area contributed by atoms with Crippen molar-refractivity contribution >= 4 is 44.2 Å². The van der Waals surface area contributed by atoms with E-state index in [0.29, 0.717) is 42.6 Å². The van der Waals surface area contributed by atoms with Crippen LogP contribution in [0.25, 0.3) is 11.3 Å². The van der Waals surface area contributed by atoms with E-state index in [1.54, 1.807) is 12.3 Å². The first kappa shape index (κ1) is 19.8. The molecule has 1 aliphatic rings. The summed E-state index contributed by atoms with van der Waals surface area (Å²) in [5.41, 5.74) is 7.31. The highest BCUT2D eigenvalue weighted by atomic mass is 79.9. The van der Waals surface area contributed by atoms with Gasteiger partial charge in [0.2, 0.25) is 5.91 Å². The van der Waals surface area contributed by atoms with Crippen LogP contribution in [0.15, 0.2) is 46.4 Å². The van der Waals surface area contributed by atoms with E-state index in [1.165, 1.54) is 11.3 Å². The molecule has 3 aromatic rings. The minimum Gasteiger partial charge on any atom is -0.381 e. The second-order valence-electron chi connectivity index (χ2n) is 6.86. The number of carbonyl (C=O) groups excluding carboxylic acids is 2. The largest absolute Gasteiger partial charge is 0.381 e. The normalized spacial score (nSPS) is 15.8. The lowest BCUT2D eigenvalue weighted by molar-refractivity contribution is -0.125. The van der Waals surface area contributed by atoms with Crippen molar-refractivity contribution in [3.05, 3.63) is 57.6 Å². The summed E-state index contributed by atoms with van der Waals surface area (Å²) in [4.78, 5) is 31.9. The Balaban J connectivity index is 1.57. The molecule has 0 spiro atoms. The Kier molecular flexibility index (Phi) is 5.53. The fourth-order valence-corrected chi connectivity index (χ4v) is 4.48. The van der Waals surface area contributed by atoms with Crippen LogP contribution in [-0.4, -0.2) is 35.0 Å². The molecule has 4 N–H and O–H groups in total. The SMILES string of the molecule is NC(=O)c1cc(-c2csc(NC(=O)C3(c4ccc(Br)cc4)CCOCC3)n2)c[nH]1. The Bertz CT molecular complexity index is 1040. The molecule has 0 aliphatic carbocycles. The van der Waals surface area contributed by atoms with Gasteiger partial charge in [0.15, 0.2) is 5.13 Å². The zero-order valence-electron chi connectivity index (χ0n) is 15.4. The predicted molar refractivity (Wildman–Crippen MR) is 115 cm³/mol. The van der Waals surface area contributed by atoms with Crippen LogP contribution in [0, 0.1) is 0 Å². The quantitative estimate of drug-likeness (QED) is 0.523. The lowest BCUT2D eigenvalue weighted by atomic mass is 9.73. The number of primary amides is 1. The first-order valence-corrected chi connectivity index (χ1v) is 10.7. The van der Waals surface area contributed by atoms with Gasteiger partial charge in [-0.1, -0.05) is 28.1 Å². The summed E-state index contributed by atoms with van der Waals surface area (Å²) in [5.74, 6) is -0.619. The molecule has 1 fully saturated rings. The molecule has 0 bridgehead atoms. The molecule has 0 saturated carbocycles. The lowest BCUT2D eigenvalue weighted by Gasteiger charge is -2.36. The fraction of sp³-hybridized carbons (Fsp3) is 0.250. The zero-order valence-corrected chi connectivity index (χ0v) is 17.8. The topological polar surface area (TPSA) is 110 Å². The third kappa shape index (κ3) is 3.98. The van der Waals surface area contributed by atoms with Gasteiger partial charge in [0.1, 0.15) is 5.69 Å². The van der Waals surface area contributed by atoms with E-state index in [1.807, 2.05) is 29.6 Å². The summed E-state index contributed by atoms with van der Waals surface area (Å²) in [6.45, 7) is 1.07. The molecule has 150 valence electrons. The number of hydrogen-bond acceptors (Lipinski definition) is 5. The Hall–Kier alpha value is -2.49. The average molecular weight is 475 g/mol. The number of benzene rings is 1. The number of rotatable bonds is 5. The van der Waals surface area contributed by atoms with Crippen LogP contribution in [0.3, 0.4) is 0 Å². The van der Waals surface area contributed by atoms with Crippen LogP contribution in [0.4, 0.5) is 5.13 Å². The molecule has 4 rings (SSSR count). The molecule has 2 aromatic heterocycles. The van der Waals surface area contributed by atoms with E-state index in [0.717, 1.165) is 15.6 Å². The summed E-state index contributed by atoms with van der Waals surface area (Å²) in [6.07, 6.45) is 2.89. The number of nitrogens with one attached hydrogen (secondary N) is 2. The Labute approximate surface area is 179 Å². The van der Waals surface area contributed by atoms with Gasteiger partial charge in [0, 0.05) is 34.8 Å². The Morgan fingerprint density at radius 2 is 1.97 bits per heavy atom. The van der Waals surface area contributed by atoms with E-state index in [9.17, 15) is 9.59 Å². The maximum Gasteiger partial charge on any atom is 0.265 e. The molecule has 9 heteroatoms. The van der Waals surface area contributed by atoms with E-state index < -0.39 is 11.3 Å². The maximum atomic E-state index is 13.3. The second-order valence-corrected chi connectivity index (χ2v) is 8.63. The van der Waals surface area contributed by atoms with Gasteiger partial charge in [0.05, 0.1) is 11.1 Å². The summed E-state index contributed by atoms with van der Waals surface area (Å²) >= 11 is 4.79. The van der Waals surface area contributed by atoms with Crippen molar-refractivity contribution in [2.75, 3.05) is 18.5 Å². The first-order valence-electron chi connectivity index (χ1n) is 9.07. The van der Waals surface area contributed by atoms with E-state index in [4.69, 9.17) is 10.5 Å². The first-order chi connectivity index (χ1) is 14.0. The third-order valence-electron chi connectivity index (χ3n) is 5.15. The van der Waals surface area contributed by atoms with Crippen LogP contribution in [0.5, 0.6) is 0 Å². The standard InChI is InChI=1S/C20H19BrN4O3S/c21-14-3-1-13(2-4-14)20(5-7-28-8-6-20)18(27)25-19-24-16(11-29-19)12-9-15(17(22)26)23-10-12/h1-4,9-11,23H,5-8H2,(H2,22,26)(H,24,25,27). The molecule has 2 amide bonds. The number of nitrogens with two attached hydrogens (primary N) is 1. The summed E-state index contributed by atoms with van der Waals surface area (Å²) in [7, 11) is 0. The molecular formula is C20H19BrN4O3S. The molecule has 3 heterocycles. The van der Waals surface area contributed by atoms with Crippen molar-refractivity contribution in [1.29, 1.82) is 0 Å². The fourth-order valence-electron chi connectivity index (χ4n) is 3.50.